The van der Waals surface area contributed by atoms with Crippen LogP contribution in [-0.2, 0) is 6.54 Å². The average molecular weight is 312 g/mol. The molecular weight excluding hydrogens is 292 g/mol. The fourth-order valence-electron chi connectivity index (χ4n) is 2.04. The predicted octanol–water partition coefficient (Wildman–Crippen LogP) is 1.70. The van der Waals surface area contributed by atoms with Crippen molar-refractivity contribution in [2.75, 3.05) is 19.0 Å². The van der Waals surface area contributed by atoms with Crippen molar-refractivity contribution in [2.45, 2.75) is 13.5 Å². The van der Waals surface area contributed by atoms with Crippen LogP contribution in [-0.4, -0.2) is 30.8 Å². The van der Waals surface area contributed by atoms with E-state index in [1.807, 2.05) is 50.2 Å². The van der Waals surface area contributed by atoms with Crippen LogP contribution in [0.2, 0.25) is 0 Å². The molecule has 6 heteroatoms. The first-order chi connectivity index (χ1) is 11.0. The second kappa shape index (κ2) is 7.40. The molecule has 0 radical (unpaired) electrons. The monoisotopic (exact) mass is 312 g/mol. The van der Waals surface area contributed by atoms with E-state index in [1.54, 1.807) is 18.5 Å². The van der Waals surface area contributed by atoms with Crippen molar-refractivity contribution in [3.8, 4) is 0 Å². The normalized spacial score (nSPS) is 10.7. The van der Waals surface area contributed by atoms with E-state index in [9.17, 15) is 9.59 Å². The molecule has 120 valence electrons. The molecule has 0 aliphatic heterocycles. The third-order valence-corrected chi connectivity index (χ3v) is 3.39. The van der Waals surface area contributed by atoms with Gasteiger partial charge in [-0.25, -0.2) is 5.43 Å². The summed E-state index contributed by atoms with van der Waals surface area (Å²) in [5, 5.41) is 3.90. The number of pyridine rings is 1. The highest BCUT2D eigenvalue weighted by atomic mass is 16.2. The van der Waals surface area contributed by atoms with Crippen molar-refractivity contribution in [1.82, 2.24) is 9.99 Å². The molecule has 0 saturated heterocycles. The lowest BCUT2D eigenvalue weighted by Crippen LogP contribution is -2.30. The van der Waals surface area contributed by atoms with Gasteiger partial charge in [0, 0.05) is 32.5 Å². The molecule has 1 aromatic carbocycles. The van der Waals surface area contributed by atoms with E-state index < -0.39 is 5.91 Å². The SMILES string of the molecule is CCn1cccc(C(=O)N/N=C\c2ccc(N(C)C)cc2)c1=O. The Labute approximate surface area is 135 Å². The van der Waals surface area contributed by atoms with Gasteiger partial charge in [-0.1, -0.05) is 12.1 Å². The van der Waals surface area contributed by atoms with Crippen LogP contribution in [0.4, 0.5) is 5.69 Å². The van der Waals surface area contributed by atoms with Crippen LogP contribution in [0.25, 0.3) is 0 Å². The maximum atomic E-state index is 12.0. The molecule has 2 aromatic rings. The van der Waals surface area contributed by atoms with E-state index in [-0.39, 0.29) is 11.1 Å². The van der Waals surface area contributed by atoms with Gasteiger partial charge in [0.15, 0.2) is 0 Å². The molecule has 1 amide bonds. The molecule has 0 saturated carbocycles. The van der Waals surface area contributed by atoms with Crippen LogP contribution < -0.4 is 15.9 Å². The van der Waals surface area contributed by atoms with Gasteiger partial charge in [-0.2, -0.15) is 5.10 Å². The van der Waals surface area contributed by atoms with Crippen LogP contribution in [0.5, 0.6) is 0 Å². The van der Waals surface area contributed by atoms with Crippen molar-refractivity contribution in [2.24, 2.45) is 5.10 Å². The van der Waals surface area contributed by atoms with Crippen molar-refractivity contribution < 1.29 is 4.79 Å². The molecule has 0 unspecified atom stereocenters. The Morgan fingerprint density at radius 2 is 1.96 bits per heavy atom. The molecule has 23 heavy (non-hydrogen) atoms. The van der Waals surface area contributed by atoms with Gasteiger partial charge < -0.3 is 9.47 Å². The molecule has 0 aliphatic rings. The number of hydrazone groups is 1. The Balaban J connectivity index is 2.05. The molecule has 0 spiro atoms. The summed E-state index contributed by atoms with van der Waals surface area (Å²) in [6.07, 6.45) is 3.19. The van der Waals surface area contributed by atoms with Gasteiger partial charge >= 0.3 is 0 Å². The van der Waals surface area contributed by atoms with Crippen molar-refractivity contribution in [3.05, 3.63) is 64.1 Å². The molecular formula is C17H20N4O2. The van der Waals surface area contributed by atoms with Gasteiger partial charge in [0.2, 0.25) is 0 Å². The summed E-state index contributed by atoms with van der Waals surface area (Å²) in [7, 11) is 3.93. The lowest BCUT2D eigenvalue weighted by Gasteiger charge is -2.11. The quantitative estimate of drug-likeness (QED) is 0.675. The van der Waals surface area contributed by atoms with Gasteiger partial charge in [-0.05, 0) is 36.8 Å². The van der Waals surface area contributed by atoms with E-state index in [0.29, 0.717) is 6.54 Å². The highest BCUT2D eigenvalue weighted by molar-refractivity contribution is 5.94. The Morgan fingerprint density at radius 1 is 1.26 bits per heavy atom. The molecule has 6 nitrogen and oxygen atoms in total. The lowest BCUT2D eigenvalue weighted by atomic mass is 10.2. The Hall–Kier alpha value is -2.89. The van der Waals surface area contributed by atoms with E-state index >= 15 is 0 Å². The number of benzene rings is 1. The second-order valence-electron chi connectivity index (χ2n) is 5.20. The van der Waals surface area contributed by atoms with Gasteiger partial charge in [0.1, 0.15) is 5.56 Å². The van der Waals surface area contributed by atoms with Gasteiger partial charge in [-0.3, -0.25) is 9.59 Å². The molecule has 0 aliphatic carbocycles. The number of amides is 1. The predicted molar refractivity (Wildman–Crippen MR) is 92.2 cm³/mol. The maximum Gasteiger partial charge on any atom is 0.276 e. The van der Waals surface area contributed by atoms with Gasteiger partial charge in [-0.15, -0.1) is 0 Å². The smallest absolute Gasteiger partial charge is 0.276 e. The van der Waals surface area contributed by atoms with Crippen molar-refractivity contribution in [1.29, 1.82) is 0 Å². The topological polar surface area (TPSA) is 66.7 Å². The number of nitrogens with one attached hydrogen (secondary N) is 1. The third kappa shape index (κ3) is 4.06. The average Bonchev–Trinajstić information content (AvgIpc) is 2.55. The standard InChI is InChI=1S/C17H20N4O2/c1-4-21-11-5-6-15(17(21)23)16(22)19-18-12-13-7-9-14(10-8-13)20(2)3/h5-12H,4H2,1-3H3,(H,19,22)/b18-12-. The van der Waals surface area contributed by atoms with Crippen LogP contribution in [0.1, 0.15) is 22.8 Å². The third-order valence-electron chi connectivity index (χ3n) is 3.39. The molecule has 1 heterocycles. The number of carbonyl (C=O) groups is 1. The van der Waals surface area contributed by atoms with E-state index in [1.165, 1.54) is 10.6 Å². The second-order valence-corrected chi connectivity index (χ2v) is 5.20. The van der Waals surface area contributed by atoms with E-state index in [0.717, 1.165) is 11.3 Å². The van der Waals surface area contributed by atoms with Crippen LogP contribution in [0.15, 0.2) is 52.5 Å². The first kappa shape index (κ1) is 16.5. The number of hydrogen-bond acceptors (Lipinski definition) is 4. The maximum absolute atomic E-state index is 12.0. The summed E-state index contributed by atoms with van der Waals surface area (Å²) < 4.78 is 1.47. The van der Waals surface area contributed by atoms with E-state index in [4.69, 9.17) is 0 Å². The largest absolute Gasteiger partial charge is 0.378 e. The van der Waals surface area contributed by atoms with E-state index in [2.05, 4.69) is 10.5 Å². The number of aromatic nitrogens is 1. The van der Waals surface area contributed by atoms with Crippen LogP contribution >= 0.6 is 0 Å². The fourth-order valence-corrected chi connectivity index (χ4v) is 2.04. The minimum atomic E-state index is -0.515. The fraction of sp³-hybridized carbons (Fsp3) is 0.235. The number of carbonyl (C=O) groups excluding carboxylic acids is 1. The van der Waals surface area contributed by atoms with Gasteiger partial charge in [0.05, 0.1) is 6.21 Å². The molecule has 0 atom stereocenters. The summed E-state index contributed by atoms with van der Waals surface area (Å²) in [5.41, 5.74) is 4.08. The number of nitrogens with zero attached hydrogens (tertiary/aromatic N) is 3. The first-order valence-corrected chi connectivity index (χ1v) is 7.33. The van der Waals surface area contributed by atoms with Crippen LogP contribution in [0.3, 0.4) is 0 Å². The minimum absolute atomic E-state index is 0.0782. The lowest BCUT2D eigenvalue weighted by molar-refractivity contribution is 0.0953. The number of anilines is 1. The molecule has 1 N–H and O–H groups in total. The van der Waals surface area contributed by atoms with Gasteiger partial charge in [0.25, 0.3) is 11.5 Å². The minimum Gasteiger partial charge on any atom is -0.378 e. The zero-order chi connectivity index (χ0) is 16.8. The zero-order valence-corrected chi connectivity index (χ0v) is 13.5. The highest BCUT2D eigenvalue weighted by Gasteiger charge is 2.10. The van der Waals surface area contributed by atoms with Crippen LogP contribution in [0, 0.1) is 0 Å². The Bertz CT molecular complexity index is 761. The van der Waals surface area contributed by atoms with Crippen molar-refractivity contribution in [3.63, 3.8) is 0 Å². The number of aryl methyl sites for hydroxylation is 1. The highest BCUT2D eigenvalue weighted by Crippen LogP contribution is 2.10. The molecule has 0 bridgehead atoms. The molecule has 0 fully saturated rings. The summed E-state index contributed by atoms with van der Waals surface area (Å²) in [5.74, 6) is -0.515. The summed E-state index contributed by atoms with van der Waals surface area (Å²) in [6, 6.07) is 10.9. The zero-order valence-electron chi connectivity index (χ0n) is 13.5. The summed E-state index contributed by atoms with van der Waals surface area (Å²) >= 11 is 0. The summed E-state index contributed by atoms with van der Waals surface area (Å²) in [6.45, 7) is 2.36. The number of hydrogen-bond donors (Lipinski definition) is 1. The Morgan fingerprint density at radius 3 is 2.57 bits per heavy atom. The first-order valence-electron chi connectivity index (χ1n) is 7.33. The Kier molecular flexibility index (Phi) is 5.30. The molecule has 1 aromatic heterocycles. The summed E-state index contributed by atoms with van der Waals surface area (Å²) in [4.78, 5) is 26.0. The van der Waals surface area contributed by atoms with Crippen molar-refractivity contribution >= 4 is 17.8 Å². The molecule has 2 rings (SSSR count). The number of rotatable bonds is 5.